The Hall–Kier alpha value is -12.5. The van der Waals surface area contributed by atoms with Crippen molar-refractivity contribution >= 4 is 126 Å². The van der Waals surface area contributed by atoms with Gasteiger partial charge < -0.3 is 60.8 Å². The third kappa shape index (κ3) is 18.5. The minimum absolute atomic E-state index is 0.0857. The first kappa shape index (κ1) is 74.8. The van der Waals surface area contributed by atoms with E-state index in [4.69, 9.17) is 37.4 Å². The minimum atomic E-state index is -4.60. The van der Waals surface area contributed by atoms with E-state index in [0.29, 0.717) is 43.8 Å². The maximum atomic E-state index is 14.8. The highest BCUT2D eigenvalue weighted by Crippen LogP contribution is 2.37. The van der Waals surface area contributed by atoms with Gasteiger partial charge in [-0.25, -0.2) is 46.9 Å². The number of alkyl halides is 3. The van der Waals surface area contributed by atoms with Gasteiger partial charge in [0.2, 0.25) is 17.5 Å². The molecule has 0 saturated carbocycles. The van der Waals surface area contributed by atoms with Crippen LogP contribution in [0.4, 0.5) is 110 Å². The molecule has 0 bridgehead atoms. The van der Waals surface area contributed by atoms with E-state index in [-0.39, 0.29) is 50.8 Å². The summed E-state index contributed by atoms with van der Waals surface area (Å²) in [5.41, 5.74) is 1.64. The van der Waals surface area contributed by atoms with E-state index in [1.54, 1.807) is 91.4 Å². The Morgan fingerprint density at radius 2 is 0.716 bits per heavy atom. The summed E-state index contributed by atoms with van der Waals surface area (Å²) in [5.74, 6) is -6.75. The van der Waals surface area contributed by atoms with Crippen LogP contribution in [0.5, 0.6) is 34.5 Å². The first-order valence-corrected chi connectivity index (χ1v) is 34.4. The molecular formula is C76H59Cl2F10N15O6. The average Bonchev–Trinajstić information content (AvgIpc) is 1.09. The number of hydrogen-bond acceptors (Lipinski definition) is 15. The van der Waals surface area contributed by atoms with Gasteiger partial charge in [-0.3, -0.25) is 15.0 Å². The zero-order valence-corrected chi connectivity index (χ0v) is 58.3. The molecule has 33 heteroatoms. The molecule has 0 unspecified atom stereocenters. The molecule has 6 N–H and O–H groups in total. The number of fused-ring (bicyclic) bond motifs is 3. The van der Waals surface area contributed by atoms with E-state index in [9.17, 15) is 58.3 Å². The van der Waals surface area contributed by atoms with Crippen LogP contribution < -0.4 is 60.8 Å². The number of carbonyl (C=O) groups is 3. The van der Waals surface area contributed by atoms with Crippen LogP contribution in [0.1, 0.15) is 44.1 Å². The van der Waals surface area contributed by atoms with Crippen LogP contribution in [0, 0.1) is 40.7 Å². The van der Waals surface area contributed by atoms with Gasteiger partial charge in [0.25, 0.3) is 0 Å². The zero-order chi connectivity index (χ0) is 76.5. The summed E-state index contributed by atoms with van der Waals surface area (Å²) in [6.07, 6.45) is 7.11. The largest absolute Gasteiger partial charge is 0.454 e. The van der Waals surface area contributed by atoms with Gasteiger partial charge in [0.05, 0.1) is 79.3 Å². The third-order valence-electron chi connectivity index (χ3n) is 17.1. The number of nitrogens with one attached hydrogen (secondary N) is 6. The molecule has 12 aromatic rings. The van der Waals surface area contributed by atoms with Gasteiger partial charge in [-0.05, 0) is 166 Å². The first-order chi connectivity index (χ1) is 52.5. The van der Waals surface area contributed by atoms with Gasteiger partial charge in [0.15, 0.2) is 34.7 Å². The van der Waals surface area contributed by atoms with E-state index in [1.807, 2.05) is 0 Å². The van der Waals surface area contributed by atoms with E-state index in [1.165, 1.54) is 42.5 Å². The number of amides is 6. The number of hydrogen-bond donors (Lipinski definition) is 6. The molecule has 6 heterocycles. The van der Waals surface area contributed by atoms with Crippen molar-refractivity contribution in [3.63, 3.8) is 0 Å². The minimum Gasteiger partial charge on any atom is -0.454 e. The number of urea groups is 3. The number of anilines is 9. The molecule has 21 nitrogen and oxygen atoms in total. The number of rotatable bonds is 15. The lowest BCUT2D eigenvalue weighted by atomic mass is 10.2. The molecule has 9 aromatic carbocycles. The summed E-state index contributed by atoms with van der Waals surface area (Å²) in [6.45, 7) is 5.46. The SMILES string of the molecule is O=C(Nc1ccc(Cl)c(F)c1)Nc1ccc(Oc2ccc3ncc(N4CCCC4)nc3c2)c(F)c1F.O=C(Nc1cccc(C(F)(F)F)c1)Nc1ccc(Oc2ccc3ncc(N4CCCC4)nc3c2)c(F)c1F.O=C(Nc1cccc(Cl)c1)Nc1ccc(Oc2ccc3ncc(N4CCCC4)nc3c2)c(F)c1F. The summed E-state index contributed by atoms with van der Waals surface area (Å²) in [5, 5.41) is 13.8. The maximum absolute atomic E-state index is 14.8. The second kappa shape index (κ2) is 33.1. The Kier molecular flexibility index (Phi) is 22.7. The van der Waals surface area contributed by atoms with Crippen molar-refractivity contribution in [2.24, 2.45) is 0 Å². The second-order valence-corrected chi connectivity index (χ2v) is 25.5. The van der Waals surface area contributed by atoms with Crippen LogP contribution in [-0.4, -0.2) is 87.3 Å². The number of benzene rings is 9. The molecule has 6 amide bonds. The van der Waals surface area contributed by atoms with E-state index in [2.05, 4.69) is 76.5 Å². The average molecular weight is 1540 g/mol. The van der Waals surface area contributed by atoms with E-state index < -0.39 is 87.7 Å². The summed E-state index contributed by atoms with van der Waals surface area (Å²) in [4.78, 5) is 70.0. The molecule has 3 fully saturated rings. The van der Waals surface area contributed by atoms with Crippen molar-refractivity contribution in [1.82, 2.24) is 29.9 Å². The third-order valence-corrected chi connectivity index (χ3v) is 17.6. The second-order valence-electron chi connectivity index (χ2n) is 24.7. The molecule has 0 radical (unpaired) electrons. The lowest BCUT2D eigenvalue weighted by Crippen LogP contribution is -2.20. The molecule has 0 spiro atoms. The number of nitrogens with zero attached hydrogens (tertiary/aromatic N) is 9. The van der Waals surface area contributed by atoms with Gasteiger partial charge in [0, 0.05) is 79.6 Å². The predicted molar refractivity (Wildman–Crippen MR) is 394 cm³/mol. The number of halogens is 12. The highest BCUT2D eigenvalue weighted by molar-refractivity contribution is 6.31. The number of carbonyl (C=O) groups excluding carboxylic acids is 3. The Labute approximate surface area is 623 Å². The highest BCUT2D eigenvalue weighted by atomic mass is 35.5. The predicted octanol–water partition coefficient (Wildman–Crippen LogP) is 20.3. The zero-order valence-electron chi connectivity index (χ0n) is 56.7. The Morgan fingerprint density at radius 1 is 0.367 bits per heavy atom. The molecule has 3 aromatic heterocycles. The molecule has 15 rings (SSSR count). The smallest absolute Gasteiger partial charge is 0.416 e. The summed E-state index contributed by atoms with van der Waals surface area (Å²) in [7, 11) is 0. The summed E-state index contributed by atoms with van der Waals surface area (Å²) < 4.78 is 157. The fourth-order valence-electron chi connectivity index (χ4n) is 11.7. The molecule has 3 aliphatic rings. The van der Waals surface area contributed by atoms with Crippen molar-refractivity contribution < 1.29 is 72.5 Å². The lowest BCUT2D eigenvalue weighted by molar-refractivity contribution is -0.137. The van der Waals surface area contributed by atoms with Gasteiger partial charge in [-0.15, -0.1) is 0 Å². The Morgan fingerprint density at radius 3 is 1.06 bits per heavy atom. The number of ether oxygens (including phenoxy) is 3. The summed E-state index contributed by atoms with van der Waals surface area (Å²) in [6, 6.07) is 32.8. The molecule has 109 heavy (non-hydrogen) atoms. The van der Waals surface area contributed by atoms with Crippen molar-refractivity contribution in [3.8, 4) is 34.5 Å². The van der Waals surface area contributed by atoms with Crippen LogP contribution >= 0.6 is 23.2 Å². The van der Waals surface area contributed by atoms with E-state index >= 15 is 0 Å². The number of aromatic nitrogens is 6. The van der Waals surface area contributed by atoms with Crippen LogP contribution in [0.3, 0.4) is 0 Å². The normalized spacial score (nSPS) is 13.3. The summed E-state index contributed by atoms with van der Waals surface area (Å²) >= 11 is 11.5. The van der Waals surface area contributed by atoms with Crippen LogP contribution in [0.2, 0.25) is 10.0 Å². The van der Waals surface area contributed by atoms with Crippen LogP contribution in [0.15, 0.2) is 176 Å². The fraction of sp³-hybridized carbons (Fsp3) is 0.171. The monoisotopic (exact) mass is 1540 g/mol. The van der Waals surface area contributed by atoms with Gasteiger partial charge in [0.1, 0.15) is 40.5 Å². The molecule has 3 aliphatic heterocycles. The van der Waals surface area contributed by atoms with Crippen LogP contribution in [-0.2, 0) is 6.18 Å². The quantitative estimate of drug-likeness (QED) is 0.0523. The molecule has 3 saturated heterocycles. The Balaban J connectivity index is 0.000000144. The standard InChI is InChI=1S/C26H20F5N5O2.C25H19ClF3N5O2.C25H20ClF2N5O2/c27-23-19(35-25(37)33-16-5-3-4-15(12-16)26(29,30)31)8-9-21(24(23)28)38-17-6-7-18-20(13-17)34-22(14-32-18)36-10-1-2-11-36;26-16-5-3-14(11-17(16)27)31-25(35)33-19-7-8-21(24(29)23(19)28)36-15-4-6-18-20(12-15)32-22(13-30-18)34-9-1-2-10-34;26-15-4-3-5-16(12-15)30-25(34)32-19-8-9-21(24(28)23(19)27)35-17-6-7-18-20(13-17)31-22(14-29-18)33-10-1-2-11-33/h3-9,12-14H,1-2,10-11H2,(H2,33,35,37);3-8,11-13H,1-2,9-10H2,(H2,31,33,35);3-9,12-14H,1-2,10-11H2,(H2,30,32,34). The maximum Gasteiger partial charge on any atom is 0.416 e. The lowest BCUT2D eigenvalue weighted by Gasteiger charge is -2.16. The molecular weight excluding hydrogens is 1480 g/mol. The van der Waals surface area contributed by atoms with Crippen molar-refractivity contribution in [2.45, 2.75) is 44.7 Å². The topological polar surface area (TPSA) is 238 Å². The van der Waals surface area contributed by atoms with Crippen LogP contribution in [0.25, 0.3) is 33.1 Å². The van der Waals surface area contributed by atoms with Crippen molar-refractivity contribution in [1.29, 1.82) is 0 Å². The van der Waals surface area contributed by atoms with Gasteiger partial charge in [-0.1, -0.05) is 35.3 Å². The molecule has 0 aliphatic carbocycles. The van der Waals surface area contributed by atoms with Crippen molar-refractivity contribution in [2.75, 3.05) is 85.9 Å². The Bertz CT molecular complexity index is 5430. The molecule has 0 atom stereocenters. The molecule has 558 valence electrons. The van der Waals surface area contributed by atoms with Crippen molar-refractivity contribution in [3.05, 3.63) is 233 Å². The van der Waals surface area contributed by atoms with E-state index in [0.717, 1.165) is 138 Å². The van der Waals surface area contributed by atoms with Gasteiger partial charge >= 0.3 is 24.3 Å². The van der Waals surface area contributed by atoms with Gasteiger partial charge in [-0.2, -0.15) is 26.3 Å². The fourth-order valence-corrected chi connectivity index (χ4v) is 12.0. The first-order valence-electron chi connectivity index (χ1n) is 33.7. The highest BCUT2D eigenvalue weighted by Gasteiger charge is 2.31.